The van der Waals surface area contributed by atoms with Crippen LogP contribution in [0, 0.1) is 0 Å². The molecule has 0 spiro atoms. The summed E-state index contributed by atoms with van der Waals surface area (Å²) in [6.07, 6.45) is 7.85. The molecule has 0 N–H and O–H groups in total. The number of hydrogen-bond donors (Lipinski definition) is 0. The van der Waals surface area contributed by atoms with Gasteiger partial charge in [-0.25, -0.2) is 13.1 Å². The monoisotopic (exact) mass is 359 g/mol. The largest absolute Gasteiger partial charge is 0.369 e. The van der Waals surface area contributed by atoms with Gasteiger partial charge in [-0.15, -0.1) is 0 Å². The van der Waals surface area contributed by atoms with Crippen LogP contribution in [0.1, 0.15) is 44.6 Å². The van der Waals surface area contributed by atoms with Gasteiger partial charge in [0.05, 0.1) is 29.4 Å². The molecule has 6 nitrogen and oxygen atoms in total. The van der Waals surface area contributed by atoms with Gasteiger partial charge >= 0.3 is 0 Å². The van der Waals surface area contributed by atoms with Gasteiger partial charge in [0.2, 0.25) is 0 Å². The van der Waals surface area contributed by atoms with Gasteiger partial charge in [0, 0.05) is 13.1 Å². The summed E-state index contributed by atoms with van der Waals surface area (Å²) in [4.78, 5) is 14.6. The van der Waals surface area contributed by atoms with Crippen molar-refractivity contribution in [3.05, 3.63) is 21.6 Å². The summed E-state index contributed by atoms with van der Waals surface area (Å²) in [7, 11) is -1.12. The van der Waals surface area contributed by atoms with E-state index >= 15 is 0 Å². The molecule has 8 heteroatoms. The molecule has 1 aliphatic heterocycles. The van der Waals surface area contributed by atoms with E-state index in [1.54, 1.807) is 6.20 Å². The minimum atomic E-state index is -3.07. The Morgan fingerprint density at radius 3 is 2.57 bits per heavy atom. The Hall–Kier alpha value is -1.08. The van der Waals surface area contributed by atoms with E-state index in [1.807, 2.05) is 11.9 Å². The number of rotatable bonds is 3. The summed E-state index contributed by atoms with van der Waals surface area (Å²) in [5, 5.41) is 4.35. The zero-order chi connectivity index (χ0) is 16.6. The van der Waals surface area contributed by atoms with Crippen molar-refractivity contribution in [1.82, 2.24) is 9.78 Å². The highest BCUT2D eigenvalue weighted by Gasteiger charge is 2.31. The van der Waals surface area contributed by atoms with Gasteiger partial charge in [0.15, 0.2) is 9.84 Å². The molecule has 1 saturated heterocycles. The molecule has 1 aromatic heterocycles. The van der Waals surface area contributed by atoms with Gasteiger partial charge in [-0.1, -0.05) is 30.9 Å². The number of nitrogens with zero attached hydrogens (tertiary/aromatic N) is 3. The molecule has 3 rings (SSSR count). The minimum absolute atomic E-state index is 0.0337. The molecule has 1 unspecified atom stereocenters. The molecule has 1 saturated carbocycles. The molecular weight excluding hydrogens is 338 g/mol. The van der Waals surface area contributed by atoms with E-state index in [4.69, 9.17) is 11.6 Å². The molecule has 0 bridgehead atoms. The molecule has 128 valence electrons. The Bertz CT molecular complexity index is 741. The van der Waals surface area contributed by atoms with Crippen LogP contribution in [0.15, 0.2) is 11.0 Å². The van der Waals surface area contributed by atoms with Crippen molar-refractivity contribution in [1.29, 1.82) is 0 Å². The Morgan fingerprint density at radius 2 is 1.96 bits per heavy atom. The van der Waals surface area contributed by atoms with Crippen LogP contribution in [0.4, 0.5) is 5.69 Å². The second-order valence-corrected chi connectivity index (χ2v) is 9.16. The van der Waals surface area contributed by atoms with Crippen molar-refractivity contribution in [3.63, 3.8) is 0 Å². The number of halogens is 1. The van der Waals surface area contributed by atoms with Crippen LogP contribution in [-0.2, 0) is 9.84 Å². The first-order chi connectivity index (χ1) is 10.9. The molecule has 0 aromatic carbocycles. The minimum Gasteiger partial charge on any atom is -0.369 e. The number of hydrogen-bond acceptors (Lipinski definition) is 5. The second-order valence-electron chi connectivity index (χ2n) is 6.55. The van der Waals surface area contributed by atoms with E-state index < -0.39 is 21.4 Å². The lowest BCUT2D eigenvalue weighted by Gasteiger charge is -2.33. The molecule has 23 heavy (non-hydrogen) atoms. The van der Waals surface area contributed by atoms with Gasteiger partial charge in [-0.2, -0.15) is 5.10 Å². The average molecular weight is 360 g/mol. The Labute approximate surface area is 141 Å². The van der Waals surface area contributed by atoms with Crippen LogP contribution in [0.5, 0.6) is 0 Å². The summed E-state index contributed by atoms with van der Waals surface area (Å²) < 4.78 is 24.5. The maximum Gasteiger partial charge on any atom is 0.287 e. The maximum atomic E-state index is 12.5. The zero-order valence-corrected chi connectivity index (χ0v) is 14.8. The molecule has 1 atom stereocenters. The normalized spacial score (nSPS) is 24.7. The molecule has 0 radical (unpaired) electrons. The first-order valence-corrected chi connectivity index (χ1v) is 10.3. The van der Waals surface area contributed by atoms with Gasteiger partial charge in [0.1, 0.15) is 5.02 Å². The summed E-state index contributed by atoms with van der Waals surface area (Å²) in [5.41, 5.74) is 0.245. The van der Waals surface area contributed by atoms with E-state index in [0.29, 0.717) is 18.2 Å². The fraction of sp³-hybridized carbons (Fsp3) is 0.733. The fourth-order valence-corrected chi connectivity index (χ4v) is 5.54. The summed E-state index contributed by atoms with van der Waals surface area (Å²) in [6.45, 7) is 0. The predicted molar refractivity (Wildman–Crippen MR) is 91.1 cm³/mol. The quantitative estimate of drug-likeness (QED) is 0.825. The van der Waals surface area contributed by atoms with Gasteiger partial charge in [-0.3, -0.25) is 4.79 Å². The highest BCUT2D eigenvalue weighted by molar-refractivity contribution is 7.91. The molecule has 1 aromatic rings. The highest BCUT2D eigenvalue weighted by atomic mass is 35.5. The highest BCUT2D eigenvalue weighted by Crippen LogP contribution is 2.29. The standard InChI is InChI=1S/C15H22ClN3O3S/c1-18(11-5-3-2-4-6-11)13-9-17-19(15(20)14(13)16)12-7-8-23(21,22)10-12/h9,11-12H,2-8,10H2,1H3. The summed E-state index contributed by atoms with van der Waals surface area (Å²) >= 11 is 6.30. The Morgan fingerprint density at radius 1 is 1.26 bits per heavy atom. The van der Waals surface area contributed by atoms with Crippen molar-refractivity contribution in [3.8, 4) is 0 Å². The molecule has 2 fully saturated rings. The molecular formula is C15H22ClN3O3S. The Balaban J connectivity index is 1.87. The smallest absolute Gasteiger partial charge is 0.287 e. The lowest BCUT2D eigenvalue weighted by Crippen LogP contribution is -2.36. The SMILES string of the molecule is CN(c1cnn(C2CCS(=O)(=O)C2)c(=O)c1Cl)C1CCCCC1. The van der Waals surface area contributed by atoms with E-state index in [1.165, 1.54) is 23.9 Å². The van der Waals surface area contributed by atoms with Crippen LogP contribution < -0.4 is 10.5 Å². The third-order valence-electron chi connectivity index (χ3n) is 4.98. The van der Waals surface area contributed by atoms with Crippen LogP contribution in [0.2, 0.25) is 5.02 Å². The maximum absolute atomic E-state index is 12.5. The van der Waals surface area contributed by atoms with E-state index in [0.717, 1.165) is 12.8 Å². The third kappa shape index (κ3) is 3.40. The zero-order valence-electron chi connectivity index (χ0n) is 13.2. The lowest BCUT2D eigenvalue weighted by molar-refractivity contribution is 0.425. The van der Waals surface area contributed by atoms with Crippen LogP contribution in [-0.4, -0.2) is 42.8 Å². The average Bonchev–Trinajstić information content (AvgIpc) is 2.90. The third-order valence-corrected chi connectivity index (χ3v) is 7.09. The Kier molecular flexibility index (Phi) is 4.69. The first kappa shape index (κ1) is 16.8. The van der Waals surface area contributed by atoms with Gasteiger partial charge in [0.25, 0.3) is 5.56 Å². The van der Waals surface area contributed by atoms with Crippen molar-refractivity contribution >= 4 is 27.1 Å². The van der Waals surface area contributed by atoms with Crippen LogP contribution >= 0.6 is 11.6 Å². The van der Waals surface area contributed by atoms with Crippen molar-refractivity contribution in [2.75, 3.05) is 23.5 Å². The molecule has 2 heterocycles. The molecule has 0 amide bonds. The number of sulfone groups is 1. The van der Waals surface area contributed by atoms with Crippen molar-refractivity contribution in [2.45, 2.75) is 50.6 Å². The molecule has 2 aliphatic rings. The second kappa shape index (κ2) is 6.43. The summed E-state index contributed by atoms with van der Waals surface area (Å²) in [6, 6.07) is -0.0239. The van der Waals surface area contributed by atoms with Crippen LogP contribution in [0.3, 0.4) is 0 Å². The fourth-order valence-electron chi connectivity index (χ4n) is 3.58. The molecule has 1 aliphatic carbocycles. The van der Waals surface area contributed by atoms with Crippen LogP contribution in [0.25, 0.3) is 0 Å². The summed E-state index contributed by atoms with van der Waals surface area (Å²) in [5.74, 6) is 0.0706. The van der Waals surface area contributed by atoms with E-state index in [2.05, 4.69) is 5.10 Å². The predicted octanol–water partition coefficient (Wildman–Crippen LogP) is 2.03. The van der Waals surface area contributed by atoms with Crippen molar-refractivity contribution < 1.29 is 8.42 Å². The lowest BCUT2D eigenvalue weighted by atomic mass is 9.94. The van der Waals surface area contributed by atoms with E-state index in [9.17, 15) is 13.2 Å². The van der Waals surface area contributed by atoms with Crippen molar-refractivity contribution in [2.24, 2.45) is 0 Å². The number of aromatic nitrogens is 2. The van der Waals surface area contributed by atoms with Gasteiger partial charge in [-0.05, 0) is 19.3 Å². The topological polar surface area (TPSA) is 72.3 Å². The number of anilines is 1. The first-order valence-electron chi connectivity index (χ1n) is 8.09. The van der Waals surface area contributed by atoms with E-state index in [-0.39, 0.29) is 16.5 Å². The van der Waals surface area contributed by atoms with Gasteiger partial charge < -0.3 is 4.90 Å².